The van der Waals surface area contributed by atoms with Crippen LogP contribution in [0, 0.1) is 5.92 Å². The van der Waals surface area contributed by atoms with Gasteiger partial charge in [0.1, 0.15) is 19.0 Å². The van der Waals surface area contributed by atoms with Crippen LogP contribution in [0.15, 0.2) is 28.7 Å². The Morgan fingerprint density at radius 1 is 1.29 bits per heavy atom. The summed E-state index contributed by atoms with van der Waals surface area (Å²) in [6.07, 6.45) is 1.01. The molecule has 1 heterocycles. The van der Waals surface area contributed by atoms with Gasteiger partial charge in [-0.3, -0.25) is 4.79 Å². The Morgan fingerprint density at radius 2 is 2.00 bits per heavy atom. The van der Waals surface area contributed by atoms with Crippen LogP contribution < -0.4 is 4.74 Å². The first-order valence-corrected chi connectivity index (χ1v) is 10.4. The summed E-state index contributed by atoms with van der Waals surface area (Å²) in [5.74, 6) is 0.286. The van der Waals surface area contributed by atoms with Gasteiger partial charge in [0.15, 0.2) is 0 Å². The Bertz CT molecular complexity index is 656. The number of ether oxygens (including phenoxy) is 2. The Hall–Kier alpha value is -1.12. The van der Waals surface area contributed by atoms with Crippen molar-refractivity contribution in [1.82, 2.24) is 4.31 Å². The molecule has 0 amide bonds. The van der Waals surface area contributed by atoms with Crippen molar-refractivity contribution in [3.05, 3.63) is 28.7 Å². The lowest BCUT2D eigenvalue weighted by Crippen LogP contribution is -2.41. The Labute approximate surface area is 151 Å². The van der Waals surface area contributed by atoms with Crippen molar-refractivity contribution in [2.24, 2.45) is 5.92 Å². The van der Waals surface area contributed by atoms with Gasteiger partial charge in [-0.05, 0) is 38.0 Å². The highest BCUT2D eigenvalue weighted by Crippen LogP contribution is 2.21. The van der Waals surface area contributed by atoms with E-state index in [4.69, 9.17) is 9.47 Å². The summed E-state index contributed by atoms with van der Waals surface area (Å²) in [7, 11) is -3.17. The summed E-state index contributed by atoms with van der Waals surface area (Å²) in [5, 5.41) is 0. The average molecular weight is 420 g/mol. The summed E-state index contributed by atoms with van der Waals surface area (Å²) in [6, 6.07) is 7.43. The van der Waals surface area contributed by atoms with E-state index in [1.54, 1.807) is 6.92 Å². The molecule has 0 unspecified atom stereocenters. The molecule has 6 nitrogen and oxygen atoms in total. The Morgan fingerprint density at radius 3 is 2.62 bits per heavy atom. The van der Waals surface area contributed by atoms with Crippen LogP contribution in [-0.4, -0.2) is 50.7 Å². The third-order valence-corrected chi connectivity index (χ3v) is 6.31. The summed E-state index contributed by atoms with van der Waals surface area (Å²) >= 11 is 3.36. The number of piperidine rings is 1. The second-order valence-corrected chi connectivity index (χ2v) is 8.72. The minimum absolute atomic E-state index is 0.0923. The molecular weight excluding hydrogens is 398 g/mol. The number of carbonyl (C=O) groups is 1. The molecule has 0 N–H and O–H groups in total. The van der Waals surface area contributed by atoms with E-state index in [0.29, 0.717) is 31.7 Å². The van der Waals surface area contributed by atoms with Gasteiger partial charge in [-0.15, -0.1) is 0 Å². The van der Waals surface area contributed by atoms with Gasteiger partial charge in [0.2, 0.25) is 10.0 Å². The van der Waals surface area contributed by atoms with E-state index in [0.717, 1.165) is 4.47 Å². The molecule has 0 aromatic heterocycles. The maximum absolute atomic E-state index is 12.0. The van der Waals surface area contributed by atoms with Gasteiger partial charge in [0, 0.05) is 17.6 Å². The molecule has 1 aromatic carbocycles. The van der Waals surface area contributed by atoms with Gasteiger partial charge in [-0.2, -0.15) is 0 Å². The van der Waals surface area contributed by atoms with Crippen molar-refractivity contribution >= 4 is 31.9 Å². The maximum atomic E-state index is 12.0. The van der Waals surface area contributed by atoms with Crippen LogP contribution in [0.1, 0.15) is 19.8 Å². The van der Waals surface area contributed by atoms with Crippen molar-refractivity contribution < 1.29 is 22.7 Å². The van der Waals surface area contributed by atoms with Crippen LogP contribution in [-0.2, 0) is 19.6 Å². The fraction of sp³-hybridized carbons (Fsp3) is 0.562. The number of esters is 1. The molecule has 1 aliphatic heterocycles. The minimum atomic E-state index is -3.17. The molecule has 0 aliphatic carbocycles. The molecule has 0 radical (unpaired) electrons. The molecule has 0 atom stereocenters. The molecule has 134 valence electrons. The summed E-state index contributed by atoms with van der Waals surface area (Å²) in [4.78, 5) is 12.0. The molecule has 1 aliphatic rings. The molecule has 0 saturated carbocycles. The molecule has 1 saturated heterocycles. The van der Waals surface area contributed by atoms with E-state index in [2.05, 4.69) is 15.9 Å². The summed E-state index contributed by atoms with van der Waals surface area (Å²) in [6.45, 7) is 2.85. The lowest BCUT2D eigenvalue weighted by atomic mass is 9.98. The van der Waals surface area contributed by atoms with E-state index in [-0.39, 0.29) is 30.9 Å². The van der Waals surface area contributed by atoms with Gasteiger partial charge < -0.3 is 9.47 Å². The van der Waals surface area contributed by atoms with Crippen molar-refractivity contribution in [3.63, 3.8) is 0 Å². The fourth-order valence-electron chi connectivity index (χ4n) is 2.53. The van der Waals surface area contributed by atoms with Crippen LogP contribution in [0.2, 0.25) is 0 Å². The molecular formula is C16H22BrNO5S. The molecule has 1 aromatic rings. The largest absolute Gasteiger partial charge is 0.490 e. The highest BCUT2D eigenvalue weighted by Gasteiger charge is 2.30. The quantitative estimate of drug-likeness (QED) is 0.501. The average Bonchev–Trinajstić information content (AvgIpc) is 2.58. The maximum Gasteiger partial charge on any atom is 0.309 e. The predicted octanol–water partition coefficient (Wildman–Crippen LogP) is 2.43. The first-order chi connectivity index (χ1) is 11.4. The zero-order chi connectivity index (χ0) is 17.6. The molecule has 2 rings (SSSR count). The van der Waals surface area contributed by atoms with Gasteiger partial charge in [-0.1, -0.05) is 22.0 Å². The van der Waals surface area contributed by atoms with E-state index < -0.39 is 10.0 Å². The lowest BCUT2D eigenvalue weighted by Gasteiger charge is -2.29. The Balaban J connectivity index is 1.69. The monoisotopic (exact) mass is 419 g/mol. The number of nitrogens with zero attached hydrogens (tertiary/aromatic N) is 1. The molecule has 1 fully saturated rings. The van der Waals surface area contributed by atoms with Crippen LogP contribution in [0.3, 0.4) is 0 Å². The van der Waals surface area contributed by atoms with Gasteiger partial charge in [0.05, 0.1) is 11.7 Å². The third-order valence-electron chi connectivity index (χ3n) is 3.94. The van der Waals surface area contributed by atoms with Crippen molar-refractivity contribution in [3.8, 4) is 5.75 Å². The zero-order valence-corrected chi connectivity index (χ0v) is 16.0. The number of halogens is 1. The zero-order valence-electron chi connectivity index (χ0n) is 13.6. The first-order valence-electron chi connectivity index (χ1n) is 7.95. The number of benzene rings is 1. The topological polar surface area (TPSA) is 72.9 Å². The Kier molecular flexibility index (Phi) is 7.06. The van der Waals surface area contributed by atoms with Gasteiger partial charge >= 0.3 is 5.97 Å². The third kappa shape index (κ3) is 5.46. The molecule has 0 spiro atoms. The van der Waals surface area contributed by atoms with Crippen LogP contribution >= 0.6 is 15.9 Å². The normalized spacial score (nSPS) is 16.8. The van der Waals surface area contributed by atoms with Crippen LogP contribution in [0.5, 0.6) is 5.75 Å². The van der Waals surface area contributed by atoms with Crippen LogP contribution in [0.25, 0.3) is 0 Å². The van der Waals surface area contributed by atoms with E-state index in [9.17, 15) is 13.2 Å². The number of hydrogen-bond donors (Lipinski definition) is 0. The van der Waals surface area contributed by atoms with Crippen molar-refractivity contribution in [1.29, 1.82) is 0 Å². The van der Waals surface area contributed by atoms with Crippen molar-refractivity contribution in [2.75, 3.05) is 32.1 Å². The van der Waals surface area contributed by atoms with Gasteiger partial charge in [-0.25, -0.2) is 12.7 Å². The second-order valence-electron chi connectivity index (χ2n) is 5.55. The SMILES string of the molecule is CCS(=O)(=O)N1CCC(C(=O)OCCOc2cccc(Br)c2)CC1. The number of sulfonamides is 1. The first kappa shape index (κ1) is 19.2. The smallest absolute Gasteiger partial charge is 0.309 e. The van der Waals surface area contributed by atoms with E-state index >= 15 is 0 Å². The van der Waals surface area contributed by atoms with Gasteiger partial charge in [0.25, 0.3) is 0 Å². The summed E-state index contributed by atoms with van der Waals surface area (Å²) in [5.41, 5.74) is 0. The standard InChI is InChI=1S/C16H22BrNO5S/c1-2-24(20,21)18-8-6-13(7-9-18)16(19)23-11-10-22-15-5-3-4-14(17)12-15/h3-5,12-13H,2,6-11H2,1H3. The van der Waals surface area contributed by atoms with Crippen molar-refractivity contribution in [2.45, 2.75) is 19.8 Å². The highest BCUT2D eigenvalue weighted by atomic mass is 79.9. The second kappa shape index (κ2) is 8.82. The molecule has 24 heavy (non-hydrogen) atoms. The highest BCUT2D eigenvalue weighted by molar-refractivity contribution is 9.10. The van der Waals surface area contributed by atoms with Crippen LogP contribution in [0.4, 0.5) is 0 Å². The number of carbonyl (C=O) groups excluding carboxylic acids is 1. The predicted molar refractivity (Wildman–Crippen MR) is 94.4 cm³/mol. The summed E-state index contributed by atoms with van der Waals surface area (Å²) < 4.78 is 36.7. The number of hydrogen-bond acceptors (Lipinski definition) is 5. The molecule has 8 heteroatoms. The van der Waals surface area contributed by atoms with E-state index in [1.165, 1.54) is 4.31 Å². The minimum Gasteiger partial charge on any atom is -0.490 e. The van der Waals surface area contributed by atoms with E-state index in [1.807, 2.05) is 24.3 Å². The fourth-order valence-corrected chi connectivity index (χ4v) is 4.04. The number of rotatable bonds is 7. The molecule has 0 bridgehead atoms. The lowest BCUT2D eigenvalue weighted by molar-refractivity contribution is -0.150.